The van der Waals surface area contributed by atoms with Gasteiger partial charge in [-0.15, -0.1) is 0 Å². The molecule has 2 heterocycles. The van der Waals surface area contributed by atoms with E-state index in [1.807, 2.05) is 12.1 Å². The van der Waals surface area contributed by atoms with Gasteiger partial charge < -0.3 is 14.2 Å². The number of piperidine rings is 1. The van der Waals surface area contributed by atoms with Gasteiger partial charge in [-0.1, -0.05) is 24.3 Å². The highest BCUT2D eigenvalue weighted by Gasteiger charge is 2.27. The molecule has 0 saturated carbocycles. The van der Waals surface area contributed by atoms with Gasteiger partial charge in [-0.05, 0) is 49.5 Å². The average molecular weight is 397 g/mol. The molecule has 2 aromatic carbocycles. The summed E-state index contributed by atoms with van der Waals surface area (Å²) in [5, 5.41) is 0. The van der Waals surface area contributed by atoms with E-state index in [4.69, 9.17) is 14.2 Å². The molecule has 0 aliphatic carbocycles. The molecular weight excluding hydrogens is 364 g/mol. The minimum Gasteiger partial charge on any atom is -0.496 e. The Hall–Kier alpha value is -2.24. The quantitative estimate of drug-likeness (QED) is 0.743. The first kappa shape index (κ1) is 20.0. The van der Waals surface area contributed by atoms with Crippen LogP contribution in [0, 0.1) is 0 Å². The number of benzene rings is 2. The van der Waals surface area contributed by atoms with Crippen LogP contribution >= 0.6 is 0 Å². The summed E-state index contributed by atoms with van der Waals surface area (Å²) < 4.78 is 16.5. The second-order valence-electron chi connectivity index (χ2n) is 8.02. The van der Waals surface area contributed by atoms with Crippen LogP contribution < -0.4 is 14.2 Å². The lowest BCUT2D eigenvalue weighted by atomic mass is 9.95. The van der Waals surface area contributed by atoms with Crippen LogP contribution in [0.25, 0.3) is 0 Å². The van der Waals surface area contributed by atoms with E-state index in [9.17, 15) is 0 Å². The highest BCUT2D eigenvalue weighted by molar-refractivity contribution is 5.50. The molecule has 2 aliphatic rings. The van der Waals surface area contributed by atoms with E-state index < -0.39 is 0 Å². The Morgan fingerprint density at radius 2 is 1.48 bits per heavy atom. The van der Waals surface area contributed by atoms with Crippen molar-refractivity contribution in [1.82, 2.24) is 9.80 Å². The molecule has 5 nitrogen and oxygen atoms in total. The monoisotopic (exact) mass is 396 g/mol. The fourth-order valence-electron chi connectivity index (χ4n) is 4.73. The number of hydrogen-bond donors (Lipinski definition) is 0. The van der Waals surface area contributed by atoms with E-state index in [0.717, 1.165) is 43.2 Å². The fourth-order valence-corrected chi connectivity index (χ4v) is 4.73. The number of nitrogens with zero attached hydrogens (tertiary/aromatic N) is 2. The van der Waals surface area contributed by atoms with Gasteiger partial charge in [0, 0.05) is 37.3 Å². The van der Waals surface area contributed by atoms with Crippen molar-refractivity contribution in [2.75, 3.05) is 41.0 Å². The van der Waals surface area contributed by atoms with Crippen LogP contribution in [0.3, 0.4) is 0 Å². The molecule has 0 radical (unpaired) electrons. The third kappa shape index (κ3) is 4.36. The summed E-state index contributed by atoms with van der Waals surface area (Å²) in [4.78, 5) is 5.22. The van der Waals surface area contributed by atoms with Crippen molar-refractivity contribution in [2.45, 2.75) is 38.4 Å². The van der Waals surface area contributed by atoms with Crippen LogP contribution in [-0.2, 0) is 19.5 Å². The SMILES string of the molecule is COc1cc(OC)c(OC)cc1CN1CCC(N2CCc3ccccc3C2)CC1. The second-order valence-corrected chi connectivity index (χ2v) is 8.02. The van der Waals surface area contributed by atoms with Gasteiger partial charge in [-0.25, -0.2) is 0 Å². The lowest BCUT2D eigenvalue weighted by molar-refractivity contribution is 0.0944. The third-order valence-corrected chi connectivity index (χ3v) is 6.41. The zero-order chi connectivity index (χ0) is 20.2. The number of fused-ring (bicyclic) bond motifs is 1. The van der Waals surface area contributed by atoms with Gasteiger partial charge in [0.05, 0.1) is 21.3 Å². The number of likely N-dealkylation sites (tertiary alicyclic amines) is 1. The van der Waals surface area contributed by atoms with E-state index in [0.29, 0.717) is 11.8 Å². The number of methoxy groups -OCH3 is 3. The van der Waals surface area contributed by atoms with Gasteiger partial charge in [0.2, 0.25) is 0 Å². The van der Waals surface area contributed by atoms with Gasteiger partial charge in [0.1, 0.15) is 5.75 Å². The molecule has 0 unspecified atom stereocenters. The van der Waals surface area contributed by atoms with Crippen molar-refractivity contribution in [3.8, 4) is 17.2 Å². The Kier molecular flexibility index (Phi) is 6.26. The van der Waals surface area contributed by atoms with Gasteiger partial charge in [-0.3, -0.25) is 9.80 Å². The van der Waals surface area contributed by atoms with E-state index >= 15 is 0 Å². The van der Waals surface area contributed by atoms with Crippen LogP contribution in [0.15, 0.2) is 36.4 Å². The topological polar surface area (TPSA) is 34.2 Å². The first-order chi connectivity index (χ1) is 14.2. The van der Waals surface area contributed by atoms with E-state index in [2.05, 4.69) is 34.1 Å². The molecule has 1 saturated heterocycles. The standard InChI is InChI=1S/C24H32N2O3/c1-27-22-15-24(29-3)23(28-2)14-20(22)16-25-11-9-21(10-12-25)26-13-8-18-6-4-5-7-19(18)17-26/h4-7,14-15,21H,8-13,16-17H2,1-3H3. The molecule has 156 valence electrons. The second kappa shape index (κ2) is 9.06. The lowest BCUT2D eigenvalue weighted by Gasteiger charge is -2.40. The highest BCUT2D eigenvalue weighted by Crippen LogP contribution is 2.35. The van der Waals surface area contributed by atoms with E-state index in [-0.39, 0.29) is 0 Å². The first-order valence-electron chi connectivity index (χ1n) is 10.5. The molecule has 29 heavy (non-hydrogen) atoms. The van der Waals surface area contributed by atoms with E-state index in [1.54, 1.807) is 21.3 Å². The van der Waals surface area contributed by atoms with Crippen LogP contribution in [-0.4, -0.2) is 56.8 Å². The molecule has 0 amide bonds. The van der Waals surface area contributed by atoms with Gasteiger partial charge in [0.15, 0.2) is 11.5 Å². The Morgan fingerprint density at radius 1 is 0.828 bits per heavy atom. The minimum atomic E-state index is 0.687. The summed E-state index contributed by atoms with van der Waals surface area (Å²) in [6.45, 7) is 5.38. The fraction of sp³-hybridized carbons (Fsp3) is 0.500. The van der Waals surface area contributed by atoms with Crippen molar-refractivity contribution >= 4 is 0 Å². The summed E-state index contributed by atoms with van der Waals surface area (Å²) in [5.41, 5.74) is 4.19. The maximum Gasteiger partial charge on any atom is 0.164 e. The summed E-state index contributed by atoms with van der Waals surface area (Å²) >= 11 is 0. The Bertz CT molecular complexity index is 831. The smallest absolute Gasteiger partial charge is 0.164 e. The maximum absolute atomic E-state index is 5.61. The van der Waals surface area contributed by atoms with Crippen molar-refractivity contribution in [3.63, 3.8) is 0 Å². The zero-order valence-electron chi connectivity index (χ0n) is 17.8. The summed E-state index contributed by atoms with van der Waals surface area (Å²) in [5.74, 6) is 2.32. The molecule has 2 aliphatic heterocycles. The van der Waals surface area contributed by atoms with Crippen molar-refractivity contribution < 1.29 is 14.2 Å². The van der Waals surface area contributed by atoms with Crippen LogP contribution in [0.2, 0.25) is 0 Å². The first-order valence-corrected chi connectivity index (χ1v) is 10.5. The lowest BCUT2D eigenvalue weighted by Crippen LogP contribution is -2.46. The normalized spacial score (nSPS) is 18.3. The van der Waals surface area contributed by atoms with E-state index in [1.165, 1.54) is 36.9 Å². The molecule has 0 N–H and O–H groups in total. The molecule has 1 fully saturated rings. The van der Waals surface area contributed by atoms with Gasteiger partial charge in [-0.2, -0.15) is 0 Å². The molecule has 0 atom stereocenters. The molecule has 0 spiro atoms. The predicted octanol–water partition coefficient (Wildman–Crippen LogP) is 3.74. The Morgan fingerprint density at radius 3 is 2.17 bits per heavy atom. The summed E-state index contributed by atoms with van der Waals surface area (Å²) in [7, 11) is 5.04. The molecule has 2 aromatic rings. The Balaban J connectivity index is 1.37. The predicted molar refractivity (Wildman–Crippen MR) is 115 cm³/mol. The summed E-state index contributed by atoms with van der Waals surface area (Å²) in [6.07, 6.45) is 3.62. The van der Waals surface area contributed by atoms with Crippen LogP contribution in [0.5, 0.6) is 17.2 Å². The third-order valence-electron chi connectivity index (χ3n) is 6.41. The van der Waals surface area contributed by atoms with Crippen LogP contribution in [0.1, 0.15) is 29.5 Å². The van der Waals surface area contributed by atoms with Crippen LogP contribution in [0.4, 0.5) is 0 Å². The molecular formula is C24H32N2O3. The largest absolute Gasteiger partial charge is 0.496 e. The molecule has 5 heteroatoms. The van der Waals surface area contributed by atoms with Crippen molar-refractivity contribution in [3.05, 3.63) is 53.1 Å². The zero-order valence-corrected chi connectivity index (χ0v) is 17.8. The number of rotatable bonds is 6. The van der Waals surface area contributed by atoms with Gasteiger partial charge >= 0.3 is 0 Å². The van der Waals surface area contributed by atoms with Crippen molar-refractivity contribution in [2.24, 2.45) is 0 Å². The highest BCUT2D eigenvalue weighted by atomic mass is 16.5. The maximum atomic E-state index is 5.61. The molecule has 0 aromatic heterocycles. The summed E-state index contributed by atoms with van der Waals surface area (Å²) in [6, 6.07) is 13.6. The Labute approximate surface area is 174 Å². The minimum absolute atomic E-state index is 0.687. The average Bonchev–Trinajstić information content (AvgIpc) is 2.79. The number of ether oxygens (including phenoxy) is 3. The van der Waals surface area contributed by atoms with Gasteiger partial charge in [0.25, 0.3) is 0 Å². The number of hydrogen-bond acceptors (Lipinski definition) is 5. The van der Waals surface area contributed by atoms with Crippen molar-refractivity contribution in [1.29, 1.82) is 0 Å². The molecule has 0 bridgehead atoms. The molecule has 4 rings (SSSR count).